The molecule has 2 aromatic heterocycles. The number of aromatic amines is 1. The van der Waals surface area contributed by atoms with Crippen LogP contribution in [0.15, 0.2) is 26.4 Å². The van der Waals surface area contributed by atoms with Gasteiger partial charge in [-0.2, -0.15) is 0 Å². The highest BCUT2D eigenvalue weighted by Gasteiger charge is 2.07. The summed E-state index contributed by atoms with van der Waals surface area (Å²) in [5, 5.41) is 0.356. The summed E-state index contributed by atoms with van der Waals surface area (Å²) in [7, 11) is 0. The minimum absolute atomic E-state index is 0.0955. The predicted molar refractivity (Wildman–Crippen MR) is 50.3 cm³/mol. The fourth-order valence-electron chi connectivity index (χ4n) is 1.36. The predicted octanol–water partition coefficient (Wildman–Crippen LogP) is 0.439. The molecule has 5 nitrogen and oxygen atoms in total. The molecule has 5 heteroatoms. The molecule has 0 saturated carbocycles. The van der Waals surface area contributed by atoms with Gasteiger partial charge < -0.3 is 9.40 Å². The Labute approximate surface area is 78.4 Å². The van der Waals surface area contributed by atoms with E-state index in [9.17, 15) is 9.59 Å². The van der Waals surface area contributed by atoms with Crippen LogP contribution in [0.5, 0.6) is 0 Å². The second-order valence-corrected chi connectivity index (χ2v) is 2.86. The number of aromatic nitrogens is 2. The van der Waals surface area contributed by atoms with E-state index >= 15 is 0 Å². The summed E-state index contributed by atoms with van der Waals surface area (Å²) >= 11 is 0. The number of H-pyrrole nitrogens is 1. The molecule has 2 rings (SSSR count). The fourth-order valence-corrected chi connectivity index (χ4v) is 1.36. The van der Waals surface area contributed by atoms with E-state index in [1.54, 1.807) is 0 Å². The van der Waals surface area contributed by atoms with Crippen LogP contribution >= 0.6 is 0 Å². The van der Waals surface area contributed by atoms with Gasteiger partial charge in [0, 0.05) is 6.07 Å². The highest BCUT2D eigenvalue weighted by atomic mass is 16.4. The summed E-state index contributed by atoms with van der Waals surface area (Å²) in [5.41, 5.74) is -0.00764. The molecule has 0 unspecified atom stereocenters. The number of aryl methyl sites for hydroxylation is 1. The lowest BCUT2D eigenvalue weighted by Gasteiger charge is -1.98. The van der Waals surface area contributed by atoms with Crippen molar-refractivity contribution in [2.45, 2.75) is 13.3 Å². The first-order chi connectivity index (χ1) is 6.72. The highest BCUT2D eigenvalue weighted by Crippen LogP contribution is 2.09. The molecule has 0 bridgehead atoms. The molecule has 0 radical (unpaired) electrons. The number of nitrogens with zero attached hydrogens (tertiary/aromatic N) is 1. The maximum absolute atomic E-state index is 11.4. The van der Waals surface area contributed by atoms with E-state index in [2.05, 4.69) is 9.97 Å². The quantitative estimate of drug-likeness (QED) is 0.711. The minimum atomic E-state index is -0.479. The molecule has 2 aromatic rings. The topological polar surface area (TPSA) is 76.0 Å². The molecule has 2 heterocycles. The lowest BCUT2D eigenvalue weighted by molar-refractivity contribution is 0.546. The normalized spacial score (nSPS) is 10.6. The molecule has 0 fully saturated rings. The van der Waals surface area contributed by atoms with Gasteiger partial charge in [0.1, 0.15) is 5.39 Å². The smallest absolute Gasteiger partial charge is 0.337 e. The molecule has 0 aliphatic rings. The Morgan fingerprint density at radius 2 is 2.29 bits per heavy atom. The molecule has 72 valence electrons. The maximum atomic E-state index is 11.4. The molecule has 0 atom stereocenters. The van der Waals surface area contributed by atoms with Crippen LogP contribution in [-0.2, 0) is 6.42 Å². The van der Waals surface area contributed by atoms with Crippen molar-refractivity contribution in [2.24, 2.45) is 0 Å². The molecular formula is C9H8N2O3. The van der Waals surface area contributed by atoms with Crippen LogP contribution in [-0.4, -0.2) is 9.97 Å². The summed E-state index contributed by atoms with van der Waals surface area (Å²) in [6, 6.07) is 1.32. The van der Waals surface area contributed by atoms with Crippen molar-refractivity contribution in [1.82, 2.24) is 9.97 Å². The molecular weight excluding hydrogens is 184 g/mol. The average molecular weight is 192 g/mol. The van der Waals surface area contributed by atoms with Crippen molar-refractivity contribution >= 4 is 11.1 Å². The van der Waals surface area contributed by atoms with Gasteiger partial charge in [0.05, 0.1) is 6.33 Å². The molecule has 0 amide bonds. The van der Waals surface area contributed by atoms with E-state index in [1.807, 2.05) is 6.92 Å². The SMILES string of the molecule is CCc1cc(=O)oc2nc[nH]c(=O)c12. The van der Waals surface area contributed by atoms with E-state index in [0.717, 1.165) is 0 Å². The number of fused-ring (bicyclic) bond motifs is 1. The largest absolute Gasteiger partial charge is 0.403 e. The van der Waals surface area contributed by atoms with Gasteiger partial charge in [0.2, 0.25) is 5.71 Å². The zero-order valence-electron chi connectivity index (χ0n) is 7.53. The van der Waals surface area contributed by atoms with Crippen LogP contribution in [0.3, 0.4) is 0 Å². The van der Waals surface area contributed by atoms with Gasteiger partial charge in [-0.3, -0.25) is 4.79 Å². The van der Waals surface area contributed by atoms with Gasteiger partial charge in [-0.15, -0.1) is 0 Å². The Bertz CT molecular complexity index is 582. The Kier molecular flexibility index (Phi) is 1.92. The first-order valence-corrected chi connectivity index (χ1v) is 4.22. The van der Waals surface area contributed by atoms with E-state index in [0.29, 0.717) is 17.4 Å². The fraction of sp³-hybridized carbons (Fsp3) is 0.222. The van der Waals surface area contributed by atoms with Gasteiger partial charge in [-0.1, -0.05) is 6.92 Å². The first-order valence-electron chi connectivity index (χ1n) is 4.22. The third-order valence-corrected chi connectivity index (χ3v) is 2.01. The van der Waals surface area contributed by atoms with Crippen LogP contribution in [0.1, 0.15) is 12.5 Å². The van der Waals surface area contributed by atoms with Crippen molar-refractivity contribution in [3.8, 4) is 0 Å². The number of rotatable bonds is 1. The molecule has 0 spiro atoms. The second-order valence-electron chi connectivity index (χ2n) is 2.86. The summed E-state index contributed by atoms with van der Waals surface area (Å²) in [6.45, 7) is 1.86. The summed E-state index contributed by atoms with van der Waals surface area (Å²) < 4.78 is 4.80. The third kappa shape index (κ3) is 1.22. The Hall–Kier alpha value is -1.91. The van der Waals surface area contributed by atoms with Crippen molar-refractivity contribution in [3.63, 3.8) is 0 Å². The molecule has 0 saturated heterocycles. The lowest BCUT2D eigenvalue weighted by atomic mass is 10.1. The molecule has 14 heavy (non-hydrogen) atoms. The summed E-state index contributed by atoms with van der Waals surface area (Å²) in [4.78, 5) is 28.7. The zero-order chi connectivity index (χ0) is 10.1. The standard InChI is InChI=1S/C9H8N2O3/c1-2-5-3-6(12)14-9-7(5)8(13)10-4-11-9/h3-4H,2H2,1H3,(H,10,11,13). The molecule has 0 aromatic carbocycles. The van der Waals surface area contributed by atoms with Crippen molar-refractivity contribution < 1.29 is 4.42 Å². The van der Waals surface area contributed by atoms with E-state index in [-0.39, 0.29) is 11.3 Å². The van der Waals surface area contributed by atoms with E-state index in [4.69, 9.17) is 4.42 Å². The van der Waals surface area contributed by atoms with Crippen molar-refractivity contribution in [3.05, 3.63) is 38.7 Å². The van der Waals surface area contributed by atoms with Crippen LogP contribution in [0.2, 0.25) is 0 Å². The van der Waals surface area contributed by atoms with Crippen LogP contribution in [0.4, 0.5) is 0 Å². The summed E-state index contributed by atoms with van der Waals surface area (Å²) in [6.07, 6.45) is 1.81. The Balaban J connectivity index is 3.03. The van der Waals surface area contributed by atoms with Crippen LogP contribution < -0.4 is 11.2 Å². The van der Waals surface area contributed by atoms with Crippen molar-refractivity contribution in [2.75, 3.05) is 0 Å². The highest BCUT2D eigenvalue weighted by molar-refractivity contribution is 5.75. The average Bonchev–Trinajstić information content (AvgIpc) is 2.16. The summed E-state index contributed by atoms with van der Waals surface area (Å²) in [5.74, 6) is 0. The van der Waals surface area contributed by atoms with Crippen molar-refractivity contribution in [1.29, 1.82) is 0 Å². The monoisotopic (exact) mass is 192 g/mol. The number of hydrogen-bond donors (Lipinski definition) is 1. The van der Waals surface area contributed by atoms with Gasteiger partial charge in [0.15, 0.2) is 0 Å². The third-order valence-electron chi connectivity index (χ3n) is 2.01. The first kappa shape index (κ1) is 8.68. The van der Waals surface area contributed by atoms with Gasteiger partial charge >= 0.3 is 5.63 Å². The van der Waals surface area contributed by atoms with Crippen LogP contribution in [0.25, 0.3) is 11.1 Å². The van der Waals surface area contributed by atoms with Gasteiger partial charge in [-0.05, 0) is 12.0 Å². The molecule has 0 aliphatic heterocycles. The molecule has 0 aliphatic carbocycles. The van der Waals surface area contributed by atoms with E-state index < -0.39 is 5.63 Å². The lowest BCUT2D eigenvalue weighted by Crippen LogP contribution is -2.12. The Morgan fingerprint density at radius 1 is 1.50 bits per heavy atom. The zero-order valence-corrected chi connectivity index (χ0v) is 7.53. The van der Waals surface area contributed by atoms with Crippen LogP contribution in [0, 0.1) is 0 Å². The van der Waals surface area contributed by atoms with Gasteiger partial charge in [0.25, 0.3) is 5.56 Å². The second kappa shape index (κ2) is 3.10. The van der Waals surface area contributed by atoms with Gasteiger partial charge in [-0.25, -0.2) is 9.78 Å². The minimum Gasteiger partial charge on any atom is -0.403 e. The molecule has 1 N–H and O–H groups in total. The maximum Gasteiger partial charge on any atom is 0.337 e. The number of hydrogen-bond acceptors (Lipinski definition) is 4. The Morgan fingerprint density at radius 3 is 3.00 bits per heavy atom. The number of nitrogens with one attached hydrogen (secondary N) is 1. The van der Waals surface area contributed by atoms with E-state index in [1.165, 1.54) is 12.4 Å².